The second-order valence-corrected chi connectivity index (χ2v) is 14.1. The lowest BCUT2D eigenvalue weighted by Crippen LogP contribution is -2.53. The lowest BCUT2D eigenvalue weighted by atomic mass is 10.0. The summed E-state index contributed by atoms with van der Waals surface area (Å²) in [7, 11) is 0. The second kappa shape index (κ2) is 38.6. The van der Waals surface area contributed by atoms with Gasteiger partial charge < -0.3 is 74.3 Å². The van der Waals surface area contributed by atoms with Crippen molar-refractivity contribution in [3.8, 4) is 0 Å². The lowest BCUT2D eigenvalue weighted by Gasteiger charge is -2.24. The van der Waals surface area contributed by atoms with E-state index in [0.717, 1.165) is 0 Å². The number of carbonyl (C=O) groups excluding carboxylic acids is 6. The van der Waals surface area contributed by atoms with Gasteiger partial charge in [0, 0.05) is 38.0 Å². The number of rotatable bonds is 41. The van der Waals surface area contributed by atoms with Crippen molar-refractivity contribution < 1.29 is 82.7 Å². The molecule has 0 aliphatic rings. The maximum atomic E-state index is 12.9. The van der Waals surface area contributed by atoms with Crippen molar-refractivity contribution in [3.05, 3.63) is 29.8 Å². The van der Waals surface area contributed by atoms with Crippen LogP contribution < -0.4 is 26.6 Å². The van der Waals surface area contributed by atoms with Crippen LogP contribution in [0.3, 0.4) is 0 Å². The van der Waals surface area contributed by atoms with Gasteiger partial charge >= 0.3 is 5.97 Å². The molecule has 0 aliphatic heterocycles. The minimum Gasteiger partial charge on any atom is -0.481 e. The zero-order valence-corrected chi connectivity index (χ0v) is 37.3. The fraction of sp³-hybridized carbons (Fsp3) is 0.690. The Kier molecular flexibility index (Phi) is 33.4. The number of aliphatic carboxylic acids is 1. The number of amides is 5. The van der Waals surface area contributed by atoms with Gasteiger partial charge in [-0.1, -0.05) is 26.0 Å². The maximum Gasteiger partial charge on any atom is 0.303 e. The highest BCUT2D eigenvalue weighted by molar-refractivity contribution is 5.98. The first-order valence-corrected chi connectivity index (χ1v) is 21.3. The molecule has 2 atom stereocenters. The molecular weight excluding hydrogens is 846 g/mol. The molecule has 5 amide bonds. The number of nitrogens with one attached hydrogen (secondary N) is 5. The number of hydrogen-bond acceptors (Lipinski definition) is 16. The molecular formula is C42H69N5O17. The summed E-state index contributed by atoms with van der Waals surface area (Å²) in [5, 5.41) is 21.7. The number of carboxylic acids is 1. The van der Waals surface area contributed by atoms with E-state index in [1.165, 1.54) is 6.92 Å². The van der Waals surface area contributed by atoms with Crippen molar-refractivity contribution >= 4 is 47.6 Å². The Labute approximate surface area is 376 Å². The average molecular weight is 917 g/mol. The molecule has 364 valence electrons. The van der Waals surface area contributed by atoms with E-state index in [4.69, 9.17) is 44.4 Å². The SMILES string of the molecule is [2H]C(=O)OCc1ccc(NC(=O)C(C)NC(=O)C(NC(=O)CCOCCOCCOCCOCCOCCOCCOCCOCCNC(=O)CCNC(=O)CCC(=O)O)C(C)C)cc1. The molecule has 0 bridgehead atoms. The molecule has 1 rings (SSSR count). The third-order valence-corrected chi connectivity index (χ3v) is 8.42. The van der Waals surface area contributed by atoms with Crippen LogP contribution in [0.2, 0.25) is 0 Å². The van der Waals surface area contributed by atoms with Crippen LogP contribution in [-0.4, -0.2) is 178 Å². The van der Waals surface area contributed by atoms with Gasteiger partial charge in [0.15, 0.2) is 1.37 Å². The van der Waals surface area contributed by atoms with E-state index < -0.39 is 42.2 Å². The van der Waals surface area contributed by atoms with E-state index in [2.05, 4.69) is 31.3 Å². The van der Waals surface area contributed by atoms with Crippen LogP contribution >= 0.6 is 0 Å². The van der Waals surface area contributed by atoms with E-state index in [9.17, 15) is 33.6 Å². The average Bonchev–Trinajstić information content (AvgIpc) is 3.26. The molecule has 1 aromatic rings. The summed E-state index contributed by atoms with van der Waals surface area (Å²) in [6.07, 6.45) is -1.39. The normalized spacial score (nSPS) is 12.2. The van der Waals surface area contributed by atoms with Gasteiger partial charge in [0.05, 0.1) is 112 Å². The van der Waals surface area contributed by atoms with Crippen molar-refractivity contribution in [3.63, 3.8) is 0 Å². The molecule has 64 heavy (non-hydrogen) atoms. The molecule has 0 spiro atoms. The fourth-order valence-corrected chi connectivity index (χ4v) is 4.98. The van der Waals surface area contributed by atoms with E-state index >= 15 is 0 Å². The van der Waals surface area contributed by atoms with Crippen LogP contribution in [0.4, 0.5) is 5.69 Å². The Bertz CT molecular complexity index is 1510. The summed E-state index contributed by atoms with van der Waals surface area (Å²) in [5.41, 5.74) is 1.10. The maximum absolute atomic E-state index is 12.9. The topological polar surface area (TPSA) is 283 Å². The zero-order valence-electron chi connectivity index (χ0n) is 38.3. The van der Waals surface area contributed by atoms with Gasteiger partial charge in [0.1, 0.15) is 18.7 Å². The highest BCUT2D eigenvalue weighted by Gasteiger charge is 2.27. The van der Waals surface area contributed by atoms with Gasteiger partial charge in [0.2, 0.25) is 29.5 Å². The van der Waals surface area contributed by atoms with Crippen molar-refractivity contribution in [1.82, 2.24) is 21.3 Å². The van der Waals surface area contributed by atoms with Crippen LogP contribution in [0.5, 0.6) is 0 Å². The van der Waals surface area contributed by atoms with E-state index in [-0.39, 0.29) is 69.8 Å². The minimum atomic E-state index is -1.14. The molecule has 0 fully saturated rings. The fourth-order valence-electron chi connectivity index (χ4n) is 4.98. The van der Waals surface area contributed by atoms with Crippen molar-refractivity contribution in [1.29, 1.82) is 0 Å². The molecule has 22 heteroatoms. The molecule has 2 unspecified atom stereocenters. The summed E-state index contributed by atoms with van der Waals surface area (Å²) in [5.74, 6) is -3.30. The first-order chi connectivity index (χ1) is 31.3. The van der Waals surface area contributed by atoms with Crippen LogP contribution in [-0.2, 0) is 82.8 Å². The molecule has 0 aromatic heterocycles. The van der Waals surface area contributed by atoms with Crippen molar-refractivity contribution in [2.75, 3.05) is 124 Å². The number of anilines is 1. The number of ether oxygens (including phenoxy) is 9. The van der Waals surface area contributed by atoms with Crippen molar-refractivity contribution in [2.24, 2.45) is 5.92 Å². The zero-order chi connectivity index (χ0) is 47.9. The number of carbonyl (C=O) groups is 7. The Hall–Kier alpha value is -4.81. The van der Waals surface area contributed by atoms with Gasteiger partial charge in [-0.05, 0) is 30.5 Å². The Morgan fingerprint density at radius 3 is 1.48 bits per heavy atom. The van der Waals surface area contributed by atoms with Gasteiger partial charge in [-0.25, -0.2) is 0 Å². The number of benzene rings is 1. The molecule has 6 N–H and O–H groups in total. The first-order valence-electron chi connectivity index (χ1n) is 21.8. The molecule has 0 aliphatic carbocycles. The summed E-state index contributed by atoms with van der Waals surface area (Å²) < 4.78 is 55.0. The third-order valence-electron chi connectivity index (χ3n) is 8.42. The number of hydrogen-bond donors (Lipinski definition) is 6. The summed E-state index contributed by atoms with van der Waals surface area (Å²) in [6, 6.07) is 4.71. The van der Waals surface area contributed by atoms with E-state index in [1.807, 2.05) is 0 Å². The largest absolute Gasteiger partial charge is 0.481 e. The molecule has 22 nitrogen and oxygen atoms in total. The highest BCUT2D eigenvalue weighted by Crippen LogP contribution is 2.11. The van der Waals surface area contributed by atoms with Crippen LogP contribution in [0.15, 0.2) is 24.3 Å². The quantitative estimate of drug-likeness (QED) is 0.0371. The van der Waals surface area contributed by atoms with Crippen LogP contribution in [0, 0.1) is 5.92 Å². The van der Waals surface area contributed by atoms with Crippen LogP contribution in [0.25, 0.3) is 0 Å². The Balaban J connectivity index is 1.90. The third kappa shape index (κ3) is 32.8. The molecule has 0 saturated carbocycles. The van der Waals surface area contributed by atoms with Crippen molar-refractivity contribution in [2.45, 2.75) is 65.1 Å². The summed E-state index contributed by atoms with van der Waals surface area (Å²) in [6.45, 7) is 11.2. The molecule has 0 heterocycles. The Morgan fingerprint density at radius 2 is 1.02 bits per heavy atom. The predicted octanol–water partition coefficient (Wildman–Crippen LogP) is -0.0462. The van der Waals surface area contributed by atoms with E-state index in [0.29, 0.717) is 110 Å². The van der Waals surface area contributed by atoms with Gasteiger partial charge in [-0.15, -0.1) is 0 Å². The van der Waals surface area contributed by atoms with Gasteiger partial charge in [-0.2, -0.15) is 0 Å². The number of carboxylic acid groups (broad SMARTS) is 1. The molecule has 0 radical (unpaired) electrons. The smallest absolute Gasteiger partial charge is 0.303 e. The first kappa shape index (κ1) is 55.3. The highest BCUT2D eigenvalue weighted by atomic mass is 16.6. The standard InChI is InChI=1S/C42H69N5O17/c1-32(2)40(42(55)45-33(3)41(54)46-35-6-4-34(5-7-35)30-64-31-48)47-38(51)11-14-56-16-18-58-20-22-60-24-26-62-28-29-63-27-25-61-23-21-59-19-17-57-15-13-44-37(50)10-12-43-36(49)8-9-39(52)53/h4-7,31-33,40H,8-30H2,1-3H3,(H,43,49)(H,44,50)(H,45,55)(H,46,54)(H,47,51)(H,52,53)/i31D. The van der Waals surface area contributed by atoms with Crippen LogP contribution in [0.1, 0.15) is 53.4 Å². The predicted molar refractivity (Wildman–Crippen MR) is 229 cm³/mol. The van der Waals surface area contributed by atoms with E-state index in [1.54, 1.807) is 38.1 Å². The monoisotopic (exact) mass is 916 g/mol. The molecule has 1 aromatic carbocycles. The summed E-state index contributed by atoms with van der Waals surface area (Å²) >= 11 is 0. The van der Waals surface area contributed by atoms with Gasteiger partial charge in [-0.3, -0.25) is 33.6 Å². The minimum absolute atomic E-state index is 0.0307. The van der Waals surface area contributed by atoms with Gasteiger partial charge in [0.25, 0.3) is 6.45 Å². The lowest BCUT2D eigenvalue weighted by molar-refractivity contribution is -0.139. The Morgan fingerprint density at radius 1 is 0.562 bits per heavy atom. The molecule has 0 saturated heterocycles. The summed E-state index contributed by atoms with van der Waals surface area (Å²) in [4.78, 5) is 82.4. The second-order valence-electron chi connectivity index (χ2n) is 14.1.